The van der Waals surface area contributed by atoms with Crippen LogP contribution in [-0.4, -0.2) is 13.5 Å². The lowest BCUT2D eigenvalue weighted by Crippen LogP contribution is -2.03. The summed E-state index contributed by atoms with van der Waals surface area (Å²) >= 11 is 6.43. The van der Waals surface area contributed by atoms with Crippen LogP contribution in [-0.2, 0) is 9.84 Å². The fourth-order valence-corrected chi connectivity index (χ4v) is 4.26. The minimum Gasteiger partial charge on any atom is -0.506 e. The Morgan fingerprint density at radius 2 is 1.83 bits per heavy atom. The van der Waals surface area contributed by atoms with Crippen LogP contribution in [0.4, 0.5) is 0 Å². The van der Waals surface area contributed by atoms with Gasteiger partial charge < -0.3 is 5.11 Å². The van der Waals surface area contributed by atoms with Crippen molar-refractivity contribution in [2.24, 2.45) is 0 Å². The second kappa shape index (κ2) is 6.87. The predicted molar refractivity (Wildman–Crippen MR) is 95.5 cm³/mol. The molecule has 0 radical (unpaired) electrons. The first-order valence-electron chi connectivity index (χ1n) is 6.37. The summed E-state index contributed by atoms with van der Waals surface area (Å²) in [5.41, 5.74) is 1.14. The number of nitrogens with zero attached hydrogens (tertiary/aromatic N) is 1. The number of aryl methyl sites for hydroxylation is 1. The Bertz CT molecular complexity index is 927. The summed E-state index contributed by atoms with van der Waals surface area (Å²) in [6, 6.07) is 11.1. The topological polar surface area (TPSA) is 78.2 Å². The summed E-state index contributed by atoms with van der Waals surface area (Å²) in [6.07, 6.45) is 1.15. The highest BCUT2D eigenvalue weighted by Crippen LogP contribution is 2.34. The van der Waals surface area contributed by atoms with E-state index in [2.05, 4.69) is 31.9 Å². The maximum Gasteiger partial charge on any atom is 0.216 e. The van der Waals surface area contributed by atoms with Gasteiger partial charge in [0.05, 0.1) is 9.37 Å². The van der Waals surface area contributed by atoms with Gasteiger partial charge in [-0.2, -0.15) is 5.26 Å². The maximum absolute atomic E-state index is 12.6. The van der Waals surface area contributed by atoms with Gasteiger partial charge in [-0.15, -0.1) is 0 Å². The zero-order valence-electron chi connectivity index (χ0n) is 11.9. The summed E-state index contributed by atoms with van der Waals surface area (Å²) in [4.78, 5) is -0.411. The van der Waals surface area contributed by atoms with Gasteiger partial charge in [0.1, 0.15) is 16.7 Å². The number of benzene rings is 2. The molecule has 0 aromatic heterocycles. The smallest absolute Gasteiger partial charge is 0.216 e. The van der Waals surface area contributed by atoms with Gasteiger partial charge in [0.15, 0.2) is 0 Å². The van der Waals surface area contributed by atoms with Gasteiger partial charge in [0, 0.05) is 10.0 Å². The van der Waals surface area contributed by atoms with Crippen molar-refractivity contribution >= 4 is 47.8 Å². The van der Waals surface area contributed by atoms with E-state index in [1.807, 2.05) is 6.92 Å². The maximum atomic E-state index is 12.6. The average Bonchev–Trinajstić information content (AvgIpc) is 2.49. The molecule has 4 nitrogen and oxygen atoms in total. The number of hydrogen-bond donors (Lipinski definition) is 1. The van der Waals surface area contributed by atoms with Gasteiger partial charge in [-0.1, -0.05) is 33.6 Å². The van der Waals surface area contributed by atoms with Crippen LogP contribution in [0.2, 0.25) is 0 Å². The Morgan fingerprint density at radius 1 is 1.22 bits per heavy atom. The minimum atomic E-state index is -3.95. The molecule has 23 heavy (non-hydrogen) atoms. The first-order chi connectivity index (χ1) is 10.8. The molecule has 0 saturated heterocycles. The molecular weight excluding hydrogens is 446 g/mol. The molecule has 0 atom stereocenters. The normalized spacial score (nSPS) is 12.0. The highest BCUT2D eigenvalue weighted by molar-refractivity contribution is 9.11. The van der Waals surface area contributed by atoms with Crippen molar-refractivity contribution in [3.63, 3.8) is 0 Å². The van der Waals surface area contributed by atoms with E-state index in [0.29, 0.717) is 8.95 Å². The van der Waals surface area contributed by atoms with Gasteiger partial charge in [-0.05, 0) is 53.2 Å². The molecule has 7 heteroatoms. The van der Waals surface area contributed by atoms with E-state index in [9.17, 15) is 18.8 Å². The van der Waals surface area contributed by atoms with Crippen LogP contribution in [0.5, 0.6) is 5.75 Å². The quantitative estimate of drug-likeness (QED) is 0.686. The summed E-state index contributed by atoms with van der Waals surface area (Å²) < 4.78 is 26.2. The lowest BCUT2D eigenvalue weighted by Gasteiger charge is -2.06. The van der Waals surface area contributed by atoms with E-state index < -0.39 is 14.7 Å². The lowest BCUT2D eigenvalue weighted by atomic mass is 10.2. The Labute approximate surface area is 151 Å². The Kier molecular flexibility index (Phi) is 5.30. The monoisotopic (exact) mass is 455 g/mol. The van der Waals surface area contributed by atoms with Gasteiger partial charge in [0.25, 0.3) is 0 Å². The molecule has 0 aliphatic carbocycles. The van der Waals surface area contributed by atoms with E-state index in [1.165, 1.54) is 18.2 Å². The number of phenolic OH excluding ortho intramolecular Hbond substituents is 1. The largest absolute Gasteiger partial charge is 0.506 e. The van der Waals surface area contributed by atoms with Crippen molar-refractivity contribution < 1.29 is 13.5 Å². The van der Waals surface area contributed by atoms with Crippen LogP contribution in [0.25, 0.3) is 6.08 Å². The van der Waals surface area contributed by atoms with E-state index in [-0.39, 0.29) is 16.2 Å². The molecular formula is C16H11Br2NO3S. The van der Waals surface area contributed by atoms with E-state index in [1.54, 1.807) is 24.3 Å². The summed E-state index contributed by atoms with van der Waals surface area (Å²) in [6.45, 7) is 1.84. The van der Waals surface area contributed by atoms with Gasteiger partial charge >= 0.3 is 0 Å². The van der Waals surface area contributed by atoms with Crippen LogP contribution >= 0.6 is 31.9 Å². The molecule has 1 N–H and O–H groups in total. The molecule has 0 saturated carbocycles. The predicted octanol–water partition coefficient (Wildman–Crippen LogP) is 4.56. The molecule has 118 valence electrons. The molecule has 2 rings (SSSR count). The number of aromatic hydroxyl groups is 1. The van der Waals surface area contributed by atoms with E-state index in [0.717, 1.165) is 11.6 Å². The van der Waals surface area contributed by atoms with Crippen LogP contribution in [0, 0.1) is 18.3 Å². The zero-order chi connectivity index (χ0) is 17.2. The third kappa shape index (κ3) is 3.83. The fraction of sp³-hybridized carbons (Fsp3) is 0.0625. The summed E-state index contributed by atoms with van der Waals surface area (Å²) in [7, 11) is -3.95. The van der Waals surface area contributed by atoms with E-state index >= 15 is 0 Å². The molecule has 0 amide bonds. The first kappa shape index (κ1) is 17.7. The minimum absolute atomic E-state index is 0.0319. The second-order valence-corrected chi connectivity index (χ2v) is 8.45. The molecule has 2 aromatic carbocycles. The van der Waals surface area contributed by atoms with Crippen LogP contribution < -0.4 is 0 Å². The van der Waals surface area contributed by atoms with Crippen molar-refractivity contribution in [1.82, 2.24) is 0 Å². The van der Waals surface area contributed by atoms with Gasteiger partial charge in [0.2, 0.25) is 9.84 Å². The Hall–Kier alpha value is -1.62. The number of rotatable bonds is 3. The zero-order valence-corrected chi connectivity index (χ0v) is 15.9. The molecule has 0 spiro atoms. The third-order valence-electron chi connectivity index (χ3n) is 3.08. The fourth-order valence-electron chi connectivity index (χ4n) is 1.85. The van der Waals surface area contributed by atoms with Gasteiger partial charge in [-0.25, -0.2) is 8.42 Å². The van der Waals surface area contributed by atoms with Crippen molar-refractivity contribution in [3.05, 3.63) is 61.4 Å². The van der Waals surface area contributed by atoms with Crippen molar-refractivity contribution in [2.75, 3.05) is 0 Å². The molecule has 0 aliphatic rings. The van der Waals surface area contributed by atoms with Crippen molar-refractivity contribution in [2.45, 2.75) is 11.8 Å². The van der Waals surface area contributed by atoms with Gasteiger partial charge in [-0.3, -0.25) is 0 Å². The number of hydrogen-bond acceptors (Lipinski definition) is 4. The van der Waals surface area contributed by atoms with E-state index in [4.69, 9.17) is 0 Å². The lowest BCUT2D eigenvalue weighted by molar-refractivity contribution is 0.470. The summed E-state index contributed by atoms with van der Waals surface area (Å²) in [5, 5.41) is 19.3. The summed E-state index contributed by atoms with van der Waals surface area (Å²) in [5.74, 6) is -0.139. The number of sulfone groups is 1. The second-order valence-electron chi connectivity index (χ2n) is 4.76. The SMILES string of the molecule is Cc1ccc(S(=O)(=O)/C(C#N)=C/c2cc(Br)cc(Br)c2O)cc1. The highest BCUT2D eigenvalue weighted by Gasteiger charge is 2.21. The van der Waals surface area contributed by atoms with Crippen molar-refractivity contribution in [1.29, 1.82) is 5.26 Å². The third-order valence-corrected chi connectivity index (χ3v) is 5.82. The molecule has 0 unspecified atom stereocenters. The number of allylic oxidation sites excluding steroid dienone is 1. The van der Waals surface area contributed by atoms with Crippen LogP contribution in [0.3, 0.4) is 0 Å². The van der Waals surface area contributed by atoms with Crippen LogP contribution in [0.15, 0.2) is 55.1 Å². The standard InChI is InChI=1S/C16H11Br2NO3S/c1-10-2-4-13(5-3-10)23(21,22)14(9-19)7-11-6-12(17)8-15(18)16(11)20/h2-8,20H,1H3/b14-7+. The van der Waals surface area contributed by atoms with Crippen molar-refractivity contribution in [3.8, 4) is 11.8 Å². The molecule has 0 aliphatic heterocycles. The average molecular weight is 457 g/mol. The number of halogens is 2. The first-order valence-corrected chi connectivity index (χ1v) is 9.44. The highest BCUT2D eigenvalue weighted by atomic mass is 79.9. The molecule has 0 heterocycles. The Balaban J connectivity index is 2.60. The van der Waals surface area contributed by atoms with Crippen LogP contribution in [0.1, 0.15) is 11.1 Å². The molecule has 0 fully saturated rings. The Morgan fingerprint density at radius 3 is 2.39 bits per heavy atom. The molecule has 2 aromatic rings. The number of phenols is 1. The number of nitriles is 1. The molecule has 0 bridgehead atoms.